The number of methoxy groups -OCH3 is 1. The number of hydrogen-bond acceptors (Lipinski definition) is 3. The van der Waals surface area contributed by atoms with Gasteiger partial charge in [0, 0.05) is 22.1 Å². The Balaban J connectivity index is 2.27. The SMILES string of the molecule is COc1ccc(N(C)C(=O)c2ccc(Br)cc2S)cc1. The second-order valence-corrected chi connectivity index (χ2v) is 5.62. The number of carbonyl (C=O) groups is 1. The highest BCUT2D eigenvalue weighted by atomic mass is 79.9. The molecule has 0 saturated heterocycles. The molecule has 0 spiro atoms. The highest BCUT2D eigenvalue weighted by Gasteiger charge is 2.16. The van der Waals surface area contributed by atoms with Crippen molar-refractivity contribution in [1.82, 2.24) is 0 Å². The largest absolute Gasteiger partial charge is 0.497 e. The first kappa shape index (κ1) is 14.9. The number of ether oxygens (including phenoxy) is 1. The van der Waals surface area contributed by atoms with Crippen LogP contribution in [0.5, 0.6) is 5.75 Å². The second kappa shape index (κ2) is 6.33. The van der Waals surface area contributed by atoms with Gasteiger partial charge in [-0.1, -0.05) is 15.9 Å². The fourth-order valence-electron chi connectivity index (χ4n) is 1.79. The van der Waals surface area contributed by atoms with E-state index in [9.17, 15) is 4.79 Å². The number of hydrogen-bond donors (Lipinski definition) is 1. The number of amides is 1. The molecule has 0 bridgehead atoms. The van der Waals surface area contributed by atoms with E-state index in [0.717, 1.165) is 15.9 Å². The molecule has 0 aliphatic rings. The number of halogens is 1. The summed E-state index contributed by atoms with van der Waals surface area (Å²) in [4.78, 5) is 14.7. The maximum absolute atomic E-state index is 12.5. The van der Waals surface area contributed by atoms with Gasteiger partial charge in [0.2, 0.25) is 0 Å². The molecule has 0 atom stereocenters. The first-order valence-corrected chi connectivity index (χ1v) is 7.17. The monoisotopic (exact) mass is 351 g/mol. The van der Waals surface area contributed by atoms with Gasteiger partial charge in [0.1, 0.15) is 5.75 Å². The lowest BCUT2D eigenvalue weighted by atomic mass is 10.2. The lowest BCUT2D eigenvalue weighted by Gasteiger charge is -2.18. The normalized spacial score (nSPS) is 10.2. The van der Waals surface area contributed by atoms with Gasteiger partial charge >= 0.3 is 0 Å². The van der Waals surface area contributed by atoms with Gasteiger partial charge in [-0.05, 0) is 42.5 Å². The summed E-state index contributed by atoms with van der Waals surface area (Å²) in [5.41, 5.74) is 1.36. The molecule has 2 aromatic carbocycles. The van der Waals surface area contributed by atoms with Crippen LogP contribution in [0.25, 0.3) is 0 Å². The maximum atomic E-state index is 12.5. The lowest BCUT2D eigenvalue weighted by molar-refractivity contribution is 0.0990. The van der Waals surface area contributed by atoms with Crippen LogP contribution >= 0.6 is 28.6 Å². The van der Waals surface area contributed by atoms with Crippen LogP contribution in [0.1, 0.15) is 10.4 Å². The van der Waals surface area contributed by atoms with E-state index in [1.54, 1.807) is 31.2 Å². The zero-order valence-corrected chi connectivity index (χ0v) is 13.6. The molecule has 0 radical (unpaired) electrons. The van der Waals surface area contributed by atoms with Crippen LogP contribution in [0.4, 0.5) is 5.69 Å². The van der Waals surface area contributed by atoms with Crippen molar-refractivity contribution in [3.63, 3.8) is 0 Å². The van der Waals surface area contributed by atoms with Crippen LogP contribution in [0.15, 0.2) is 51.8 Å². The summed E-state index contributed by atoms with van der Waals surface area (Å²) >= 11 is 7.70. The van der Waals surface area contributed by atoms with E-state index in [-0.39, 0.29) is 5.91 Å². The summed E-state index contributed by atoms with van der Waals surface area (Å²) in [6, 6.07) is 12.7. The molecule has 20 heavy (non-hydrogen) atoms. The predicted octanol–water partition coefficient (Wildman–Crippen LogP) is 4.02. The van der Waals surface area contributed by atoms with E-state index in [2.05, 4.69) is 28.6 Å². The molecule has 0 aliphatic heterocycles. The Morgan fingerprint density at radius 2 is 1.85 bits per heavy atom. The van der Waals surface area contributed by atoms with Gasteiger partial charge in [-0.15, -0.1) is 12.6 Å². The average molecular weight is 352 g/mol. The maximum Gasteiger partial charge on any atom is 0.259 e. The summed E-state index contributed by atoms with van der Waals surface area (Å²) in [6.07, 6.45) is 0. The molecule has 3 nitrogen and oxygen atoms in total. The molecule has 0 unspecified atom stereocenters. The summed E-state index contributed by atoms with van der Waals surface area (Å²) in [5, 5.41) is 0. The fourth-order valence-corrected chi connectivity index (χ4v) is 2.64. The number of rotatable bonds is 3. The Hall–Kier alpha value is -1.46. The Morgan fingerprint density at radius 3 is 2.40 bits per heavy atom. The number of carbonyl (C=O) groups excluding carboxylic acids is 1. The molecular weight excluding hydrogens is 338 g/mol. The molecule has 0 fully saturated rings. The highest BCUT2D eigenvalue weighted by molar-refractivity contribution is 9.10. The molecule has 0 heterocycles. The second-order valence-electron chi connectivity index (χ2n) is 4.22. The van der Waals surface area contributed by atoms with E-state index in [4.69, 9.17) is 4.74 Å². The fraction of sp³-hybridized carbons (Fsp3) is 0.133. The smallest absolute Gasteiger partial charge is 0.259 e. The Kier molecular flexibility index (Phi) is 4.73. The van der Waals surface area contributed by atoms with Crippen molar-refractivity contribution in [2.45, 2.75) is 4.90 Å². The summed E-state index contributed by atoms with van der Waals surface area (Å²) in [6.45, 7) is 0. The molecule has 0 aliphatic carbocycles. The van der Waals surface area contributed by atoms with Gasteiger partial charge in [0.05, 0.1) is 12.7 Å². The number of thiol groups is 1. The Bertz CT molecular complexity index is 628. The minimum absolute atomic E-state index is 0.104. The first-order chi connectivity index (χ1) is 9.52. The third kappa shape index (κ3) is 3.16. The van der Waals surface area contributed by atoms with E-state index >= 15 is 0 Å². The van der Waals surface area contributed by atoms with Crippen LogP contribution in [-0.4, -0.2) is 20.1 Å². The highest BCUT2D eigenvalue weighted by Crippen LogP contribution is 2.24. The summed E-state index contributed by atoms with van der Waals surface area (Å²) in [5.74, 6) is 0.654. The van der Waals surface area contributed by atoms with Gasteiger partial charge in [-0.2, -0.15) is 0 Å². The van der Waals surface area contributed by atoms with Crippen molar-refractivity contribution >= 4 is 40.2 Å². The van der Waals surface area contributed by atoms with Crippen molar-refractivity contribution in [2.75, 3.05) is 19.1 Å². The molecule has 2 rings (SSSR count). The quantitative estimate of drug-likeness (QED) is 0.846. The summed E-state index contributed by atoms with van der Waals surface area (Å²) < 4.78 is 6.00. The third-order valence-corrected chi connectivity index (χ3v) is 3.82. The summed E-state index contributed by atoms with van der Waals surface area (Å²) in [7, 11) is 3.35. The average Bonchev–Trinajstić information content (AvgIpc) is 2.46. The van der Waals surface area contributed by atoms with Gasteiger partial charge in [-0.3, -0.25) is 4.79 Å². The van der Waals surface area contributed by atoms with Gasteiger partial charge in [-0.25, -0.2) is 0 Å². The van der Waals surface area contributed by atoms with Crippen molar-refractivity contribution in [3.05, 3.63) is 52.5 Å². The van der Waals surface area contributed by atoms with Crippen molar-refractivity contribution in [2.24, 2.45) is 0 Å². The zero-order valence-electron chi connectivity index (χ0n) is 11.1. The molecular formula is C15H14BrNO2S. The van der Waals surface area contributed by atoms with Gasteiger partial charge in [0.15, 0.2) is 0 Å². The Morgan fingerprint density at radius 1 is 1.20 bits per heavy atom. The molecule has 0 N–H and O–H groups in total. The molecule has 0 aromatic heterocycles. The van der Waals surface area contributed by atoms with Gasteiger partial charge < -0.3 is 9.64 Å². The topological polar surface area (TPSA) is 29.5 Å². The van der Waals surface area contributed by atoms with E-state index in [1.165, 1.54) is 0 Å². The molecule has 104 valence electrons. The van der Waals surface area contributed by atoms with Crippen LogP contribution in [0, 0.1) is 0 Å². The van der Waals surface area contributed by atoms with Crippen molar-refractivity contribution < 1.29 is 9.53 Å². The lowest BCUT2D eigenvalue weighted by Crippen LogP contribution is -2.26. The third-order valence-electron chi connectivity index (χ3n) is 2.95. The molecule has 2 aromatic rings. The van der Waals surface area contributed by atoms with E-state index in [0.29, 0.717) is 10.5 Å². The zero-order chi connectivity index (χ0) is 14.7. The van der Waals surface area contributed by atoms with Crippen LogP contribution in [0.2, 0.25) is 0 Å². The number of nitrogens with zero attached hydrogens (tertiary/aromatic N) is 1. The first-order valence-electron chi connectivity index (χ1n) is 5.93. The van der Waals surface area contributed by atoms with Crippen LogP contribution in [-0.2, 0) is 0 Å². The molecule has 0 saturated carbocycles. The molecule has 1 amide bonds. The molecule has 5 heteroatoms. The number of benzene rings is 2. The standard InChI is InChI=1S/C15H14BrNO2S/c1-17(11-4-6-12(19-2)7-5-11)15(18)13-8-3-10(16)9-14(13)20/h3-9,20H,1-2H3. The van der Waals surface area contributed by atoms with Crippen LogP contribution in [0.3, 0.4) is 0 Å². The van der Waals surface area contributed by atoms with Crippen molar-refractivity contribution in [1.29, 1.82) is 0 Å². The number of anilines is 1. The van der Waals surface area contributed by atoms with Gasteiger partial charge in [0.25, 0.3) is 5.91 Å². The van der Waals surface area contributed by atoms with E-state index in [1.807, 2.05) is 30.3 Å². The van der Waals surface area contributed by atoms with E-state index < -0.39 is 0 Å². The Labute approximate surface area is 132 Å². The van der Waals surface area contributed by atoms with Crippen LogP contribution < -0.4 is 9.64 Å². The minimum atomic E-state index is -0.104. The van der Waals surface area contributed by atoms with Crippen molar-refractivity contribution in [3.8, 4) is 5.75 Å². The minimum Gasteiger partial charge on any atom is -0.497 e. The predicted molar refractivity (Wildman–Crippen MR) is 87.1 cm³/mol.